The summed E-state index contributed by atoms with van der Waals surface area (Å²) >= 11 is 11.8. The summed E-state index contributed by atoms with van der Waals surface area (Å²) in [6.07, 6.45) is 0.118. The van der Waals surface area contributed by atoms with Crippen molar-refractivity contribution in [2.75, 3.05) is 14.2 Å². The fourth-order valence-corrected chi connectivity index (χ4v) is 2.27. The Kier molecular flexibility index (Phi) is 3.99. The van der Waals surface area contributed by atoms with Gasteiger partial charge in [0.1, 0.15) is 0 Å². The van der Waals surface area contributed by atoms with Crippen LogP contribution in [0.5, 0.6) is 0 Å². The van der Waals surface area contributed by atoms with Crippen molar-refractivity contribution in [1.29, 1.82) is 0 Å². The second-order valence-electron chi connectivity index (χ2n) is 3.91. The molecule has 1 heterocycles. The highest BCUT2D eigenvalue weighted by Gasteiger charge is 2.48. The highest BCUT2D eigenvalue weighted by molar-refractivity contribution is 6.35. The van der Waals surface area contributed by atoms with E-state index in [1.807, 2.05) is 0 Å². The molecule has 1 aromatic carbocycles. The van der Waals surface area contributed by atoms with E-state index < -0.39 is 11.8 Å². The van der Waals surface area contributed by atoms with Crippen LogP contribution in [0.15, 0.2) is 23.4 Å². The Bertz CT molecular complexity index is 526. The number of carbonyl (C=O) groups excluding carboxylic acids is 1. The Hall–Kier alpha value is -1.30. The number of benzene rings is 1. The molecule has 1 unspecified atom stereocenters. The van der Waals surface area contributed by atoms with Gasteiger partial charge >= 0.3 is 11.8 Å². The van der Waals surface area contributed by atoms with Crippen molar-refractivity contribution in [3.8, 4) is 0 Å². The van der Waals surface area contributed by atoms with Crippen LogP contribution in [0.25, 0.3) is 0 Å². The first-order chi connectivity index (χ1) is 9.00. The molecule has 2 rings (SSSR count). The van der Waals surface area contributed by atoms with Crippen molar-refractivity contribution >= 4 is 34.9 Å². The second-order valence-corrected chi connectivity index (χ2v) is 4.79. The van der Waals surface area contributed by atoms with Crippen LogP contribution in [0.1, 0.15) is 12.0 Å². The molecule has 19 heavy (non-hydrogen) atoms. The van der Waals surface area contributed by atoms with Crippen molar-refractivity contribution in [1.82, 2.24) is 0 Å². The van der Waals surface area contributed by atoms with Crippen LogP contribution < -0.4 is 0 Å². The van der Waals surface area contributed by atoms with Gasteiger partial charge in [0.05, 0.1) is 19.2 Å². The van der Waals surface area contributed by atoms with E-state index in [-0.39, 0.29) is 6.42 Å². The van der Waals surface area contributed by atoms with Crippen LogP contribution in [-0.4, -0.2) is 31.7 Å². The monoisotopic (exact) mass is 303 g/mol. The van der Waals surface area contributed by atoms with Gasteiger partial charge in [0.2, 0.25) is 0 Å². The number of esters is 1. The fourth-order valence-electron chi connectivity index (χ4n) is 1.75. The lowest BCUT2D eigenvalue weighted by molar-refractivity contribution is -0.227. The zero-order valence-corrected chi connectivity index (χ0v) is 11.8. The van der Waals surface area contributed by atoms with Crippen LogP contribution in [0, 0.1) is 0 Å². The minimum absolute atomic E-state index is 0.118. The zero-order valence-electron chi connectivity index (χ0n) is 10.3. The van der Waals surface area contributed by atoms with Crippen LogP contribution in [0.2, 0.25) is 10.0 Å². The van der Waals surface area contributed by atoms with Gasteiger partial charge in [-0.25, -0.2) is 4.79 Å². The molecule has 0 bridgehead atoms. The molecule has 0 fully saturated rings. The fraction of sp³-hybridized carbons (Fsp3) is 0.333. The molecular formula is C12H11Cl2NO4. The molecule has 0 aliphatic carbocycles. The van der Waals surface area contributed by atoms with Crippen molar-refractivity contribution in [3.63, 3.8) is 0 Å². The molecule has 0 amide bonds. The molecule has 0 N–H and O–H groups in total. The number of nitrogens with zero attached hydrogens (tertiary/aromatic N) is 1. The standard InChI is InChI=1S/C12H11Cl2NO4/c1-17-11(16)12(18-2)6-10(15-19-12)7-3-8(13)5-9(14)4-7/h3-5H,6H2,1-2H3. The summed E-state index contributed by atoms with van der Waals surface area (Å²) in [6, 6.07) is 4.96. The number of methoxy groups -OCH3 is 2. The Morgan fingerprint density at radius 2 is 1.95 bits per heavy atom. The highest BCUT2D eigenvalue weighted by atomic mass is 35.5. The summed E-state index contributed by atoms with van der Waals surface area (Å²) < 4.78 is 9.73. The van der Waals surface area contributed by atoms with E-state index in [1.165, 1.54) is 14.2 Å². The number of hydrogen-bond acceptors (Lipinski definition) is 5. The SMILES string of the molecule is COC(=O)C1(OC)CC(c2cc(Cl)cc(Cl)c2)=NO1. The van der Waals surface area contributed by atoms with E-state index >= 15 is 0 Å². The van der Waals surface area contributed by atoms with E-state index in [0.717, 1.165) is 0 Å². The van der Waals surface area contributed by atoms with Gasteiger partial charge < -0.3 is 14.3 Å². The summed E-state index contributed by atoms with van der Waals surface area (Å²) in [5.74, 6) is -2.19. The summed E-state index contributed by atoms with van der Waals surface area (Å²) in [7, 11) is 2.60. The zero-order chi connectivity index (χ0) is 14.0. The minimum Gasteiger partial charge on any atom is -0.464 e. The largest absolute Gasteiger partial charge is 0.464 e. The van der Waals surface area contributed by atoms with Gasteiger partial charge in [0, 0.05) is 22.7 Å². The Morgan fingerprint density at radius 1 is 1.32 bits per heavy atom. The maximum Gasteiger partial charge on any atom is 0.382 e. The Balaban J connectivity index is 2.28. The maximum atomic E-state index is 11.7. The molecule has 1 aromatic rings. The number of oxime groups is 1. The van der Waals surface area contributed by atoms with Crippen LogP contribution in [0.4, 0.5) is 0 Å². The number of halogens is 2. The highest BCUT2D eigenvalue weighted by Crippen LogP contribution is 2.30. The third-order valence-corrected chi connectivity index (χ3v) is 3.16. The molecule has 1 atom stereocenters. The second kappa shape index (κ2) is 5.36. The van der Waals surface area contributed by atoms with E-state index in [4.69, 9.17) is 32.8 Å². The molecular weight excluding hydrogens is 293 g/mol. The third-order valence-electron chi connectivity index (χ3n) is 2.73. The van der Waals surface area contributed by atoms with Crippen molar-refractivity contribution < 1.29 is 19.1 Å². The predicted molar refractivity (Wildman–Crippen MR) is 70.5 cm³/mol. The van der Waals surface area contributed by atoms with E-state index in [2.05, 4.69) is 9.89 Å². The van der Waals surface area contributed by atoms with Crippen LogP contribution in [0.3, 0.4) is 0 Å². The smallest absolute Gasteiger partial charge is 0.382 e. The Labute approximate surface area is 120 Å². The van der Waals surface area contributed by atoms with E-state index in [9.17, 15) is 4.79 Å². The first kappa shape index (κ1) is 14.1. The summed E-state index contributed by atoms with van der Waals surface area (Å²) in [6.45, 7) is 0. The molecule has 5 nitrogen and oxygen atoms in total. The first-order valence-corrected chi connectivity index (χ1v) is 6.11. The van der Waals surface area contributed by atoms with Crippen molar-refractivity contribution in [3.05, 3.63) is 33.8 Å². The lowest BCUT2D eigenvalue weighted by Gasteiger charge is -2.20. The summed E-state index contributed by atoms with van der Waals surface area (Å²) in [5.41, 5.74) is 1.18. The van der Waals surface area contributed by atoms with Crippen molar-refractivity contribution in [2.45, 2.75) is 12.2 Å². The summed E-state index contributed by atoms with van der Waals surface area (Å²) in [4.78, 5) is 16.8. The quantitative estimate of drug-likeness (QED) is 0.806. The molecule has 0 aromatic heterocycles. The maximum absolute atomic E-state index is 11.7. The van der Waals surface area contributed by atoms with Gasteiger partial charge in [-0.3, -0.25) is 0 Å². The van der Waals surface area contributed by atoms with Gasteiger partial charge in [-0.05, 0) is 18.2 Å². The van der Waals surface area contributed by atoms with E-state index in [1.54, 1.807) is 18.2 Å². The molecule has 1 aliphatic heterocycles. The summed E-state index contributed by atoms with van der Waals surface area (Å²) in [5, 5.41) is 4.80. The first-order valence-electron chi connectivity index (χ1n) is 5.36. The number of carbonyl (C=O) groups is 1. The normalized spacial score (nSPS) is 21.8. The lowest BCUT2D eigenvalue weighted by Crippen LogP contribution is -2.41. The number of hydrogen-bond donors (Lipinski definition) is 0. The Morgan fingerprint density at radius 3 is 2.47 bits per heavy atom. The van der Waals surface area contributed by atoms with E-state index in [0.29, 0.717) is 21.3 Å². The number of rotatable bonds is 3. The molecule has 0 saturated heterocycles. The molecule has 0 radical (unpaired) electrons. The predicted octanol–water partition coefficient (Wildman–Crippen LogP) is 2.63. The molecule has 102 valence electrons. The number of ether oxygens (including phenoxy) is 2. The average Bonchev–Trinajstić information content (AvgIpc) is 2.82. The van der Waals surface area contributed by atoms with Gasteiger partial charge in [-0.15, -0.1) is 0 Å². The van der Waals surface area contributed by atoms with Crippen LogP contribution >= 0.6 is 23.2 Å². The molecule has 0 spiro atoms. The van der Waals surface area contributed by atoms with Crippen LogP contribution in [-0.2, 0) is 19.1 Å². The lowest BCUT2D eigenvalue weighted by atomic mass is 10.0. The minimum atomic E-state index is -1.54. The average molecular weight is 304 g/mol. The van der Waals surface area contributed by atoms with Gasteiger partial charge in [0.25, 0.3) is 0 Å². The van der Waals surface area contributed by atoms with Gasteiger partial charge in [-0.1, -0.05) is 28.4 Å². The molecule has 0 saturated carbocycles. The van der Waals surface area contributed by atoms with Gasteiger partial charge in [-0.2, -0.15) is 0 Å². The third kappa shape index (κ3) is 2.68. The molecule has 7 heteroatoms. The van der Waals surface area contributed by atoms with Crippen molar-refractivity contribution in [2.24, 2.45) is 5.16 Å². The van der Waals surface area contributed by atoms with Gasteiger partial charge in [0.15, 0.2) is 0 Å². The molecule has 1 aliphatic rings. The topological polar surface area (TPSA) is 57.1 Å².